The standard InChI is InChI=1S/C22H21N3O4S/c1-4-10-29-18-9-7-6-8-15(18)11-16(12-23)20(26)25-21-17(13-24)14(3)19(30-21)22(27)28-5-2/h6-9,11H,4-5,10H2,1-3H3,(H,25,26)/b16-11+. The maximum atomic E-state index is 12.7. The summed E-state index contributed by atoms with van der Waals surface area (Å²) in [7, 11) is 0. The van der Waals surface area contributed by atoms with Gasteiger partial charge < -0.3 is 14.8 Å². The van der Waals surface area contributed by atoms with Crippen molar-refractivity contribution in [3.63, 3.8) is 0 Å². The van der Waals surface area contributed by atoms with Crippen molar-refractivity contribution in [2.24, 2.45) is 0 Å². The van der Waals surface area contributed by atoms with E-state index in [2.05, 4.69) is 5.32 Å². The Kier molecular flexibility index (Phi) is 8.16. The molecule has 0 aliphatic rings. The number of nitrogens with zero attached hydrogens (tertiary/aromatic N) is 2. The Balaban J connectivity index is 2.34. The van der Waals surface area contributed by atoms with Crippen molar-refractivity contribution in [1.82, 2.24) is 0 Å². The number of hydrogen-bond donors (Lipinski definition) is 1. The minimum absolute atomic E-state index is 0.157. The number of nitrogens with one attached hydrogen (secondary N) is 1. The summed E-state index contributed by atoms with van der Waals surface area (Å²) >= 11 is 0.945. The third-order valence-corrected chi connectivity index (χ3v) is 5.18. The Bertz CT molecular complexity index is 1060. The van der Waals surface area contributed by atoms with Crippen molar-refractivity contribution in [2.45, 2.75) is 27.2 Å². The van der Waals surface area contributed by atoms with Gasteiger partial charge in [-0.25, -0.2) is 4.79 Å². The van der Waals surface area contributed by atoms with Crippen LogP contribution in [0.25, 0.3) is 6.08 Å². The molecule has 0 aliphatic heterocycles. The maximum absolute atomic E-state index is 12.7. The molecule has 1 amide bonds. The normalized spacial score (nSPS) is 10.6. The first-order valence-electron chi connectivity index (χ1n) is 9.32. The van der Waals surface area contributed by atoms with Crippen LogP contribution in [-0.2, 0) is 9.53 Å². The number of benzene rings is 1. The third kappa shape index (κ3) is 5.25. The summed E-state index contributed by atoms with van der Waals surface area (Å²) in [5, 5.41) is 21.7. The Morgan fingerprint density at radius 1 is 1.23 bits per heavy atom. The number of esters is 1. The number of hydrogen-bond acceptors (Lipinski definition) is 7. The Labute approximate surface area is 179 Å². The summed E-state index contributed by atoms with van der Waals surface area (Å²) in [6.07, 6.45) is 2.25. The van der Waals surface area contributed by atoms with Crippen LogP contribution in [0.4, 0.5) is 5.00 Å². The van der Waals surface area contributed by atoms with Crippen LogP contribution in [0.1, 0.15) is 46.6 Å². The molecule has 0 spiro atoms. The van der Waals surface area contributed by atoms with Crippen molar-refractivity contribution in [2.75, 3.05) is 18.5 Å². The summed E-state index contributed by atoms with van der Waals surface area (Å²) in [4.78, 5) is 25.0. The maximum Gasteiger partial charge on any atom is 0.348 e. The van der Waals surface area contributed by atoms with E-state index >= 15 is 0 Å². The van der Waals surface area contributed by atoms with E-state index in [0.717, 1.165) is 17.8 Å². The molecule has 0 saturated carbocycles. The molecular weight excluding hydrogens is 402 g/mol. The number of carbonyl (C=O) groups is 2. The van der Waals surface area contributed by atoms with Crippen LogP contribution in [0.2, 0.25) is 0 Å². The van der Waals surface area contributed by atoms with Gasteiger partial charge in [0.05, 0.1) is 18.8 Å². The highest BCUT2D eigenvalue weighted by atomic mass is 32.1. The largest absolute Gasteiger partial charge is 0.493 e. The van der Waals surface area contributed by atoms with Gasteiger partial charge in [0.2, 0.25) is 0 Å². The molecule has 1 heterocycles. The lowest BCUT2D eigenvalue weighted by Gasteiger charge is -2.08. The lowest BCUT2D eigenvalue weighted by molar-refractivity contribution is -0.112. The van der Waals surface area contributed by atoms with Gasteiger partial charge in [0, 0.05) is 5.56 Å². The molecule has 1 aromatic carbocycles. The highest BCUT2D eigenvalue weighted by Gasteiger charge is 2.23. The molecule has 154 valence electrons. The minimum atomic E-state index is -0.684. The van der Waals surface area contributed by atoms with Crippen LogP contribution in [0.3, 0.4) is 0 Å². The van der Waals surface area contributed by atoms with Gasteiger partial charge >= 0.3 is 5.97 Å². The van der Waals surface area contributed by atoms with E-state index in [1.54, 1.807) is 38.1 Å². The van der Waals surface area contributed by atoms with Crippen molar-refractivity contribution < 1.29 is 19.1 Å². The number of rotatable bonds is 8. The molecule has 0 unspecified atom stereocenters. The van der Waals surface area contributed by atoms with Gasteiger partial charge in [0.25, 0.3) is 5.91 Å². The second kappa shape index (κ2) is 10.8. The zero-order valence-electron chi connectivity index (χ0n) is 16.9. The highest BCUT2D eigenvalue weighted by Crippen LogP contribution is 2.33. The monoisotopic (exact) mass is 423 g/mol. The van der Waals surface area contributed by atoms with Gasteiger partial charge in [-0.1, -0.05) is 25.1 Å². The van der Waals surface area contributed by atoms with Gasteiger partial charge in [-0.15, -0.1) is 11.3 Å². The number of ether oxygens (including phenoxy) is 2. The van der Waals surface area contributed by atoms with Gasteiger partial charge in [0.1, 0.15) is 33.3 Å². The third-order valence-electron chi connectivity index (χ3n) is 3.99. The van der Waals surface area contributed by atoms with E-state index in [9.17, 15) is 20.1 Å². The van der Waals surface area contributed by atoms with Crippen molar-refractivity contribution in [3.8, 4) is 17.9 Å². The number of para-hydroxylation sites is 1. The predicted octanol–water partition coefficient (Wildman–Crippen LogP) is 4.44. The zero-order chi connectivity index (χ0) is 22.1. The van der Waals surface area contributed by atoms with Crippen molar-refractivity contribution in [1.29, 1.82) is 10.5 Å². The van der Waals surface area contributed by atoms with Crippen LogP contribution in [0.5, 0.6) is 5.75 Å². The van der Waals surface area contributed by atoms with Gasteiger partial charge in [0.15, 0.2) is 0 Å². The first kappa shape index (κ1) is 22.7. The van der Waals surface area contributed by atoms with Gasteiger partial charge in [-0.2, -0.15) is 10.5 Å². The molecule has 30 heavy (non-hydrogen) atoms. The summed E-state index contributed by atoms with van der Waals surface area (Å²) in [5.74, 6) is -0.680. The molecule has 0 fully saturated rings. The molecule has 8 heteroatoms. The Hall–Kier alpha value is -3.62. The van der Waals surface area contributed by atoms with E-state index in [-0.39, 0.29) is 27.6 Å². The Morgan fingerprint density at radius 3 is 2.60 bits per heavy atom. The molecule has 7 nitrogen and oxygen atoms in total. The molecule has 2 rings (SSSR count). The summed E-state index contributed by atoms with van der Waals surface area (Å²) in [6.45, 7) is 5.98. The number of amides is 1. The quantitative estimate of drug-likeness (QED) is 0.382. The number of thiophene rings is 1. The number of nitriles is 2. The average Bonchev–Trinajstić information content (AvgIpc) is 3.06. The molecule has 0 radical (unpaired) electrons. The summed E-state index contributed by atoms with van der Waals surface area (Å²) in [6, 6.07) is 11.0. The van der Waals surface area contributed by atoms with E-state index in [4.69, 9.17) is 9.47 Å². The lowest BCUT2D eigenvalue weighted by atomic mass is 10.1. The first-order valence-corrected chi connectivity index (χ1v) is 10.1. The zero-order valence-corrected chi connectivity index (χ0v) is 17.8. The Morgan fingerprint density at radius 2 is 1.97 bits per heavy atom. The minimum Gasteiger partial charge on any atom is -0.493 e. The average molecular weight is 423 g/mol. The van der Waals surface area contributed by atoms with Crippen molar-refractivity contribution >= 4 is 34.3 Å². The van der Waals surface area contributed by atoms with Crippen LogP contribution in [-0.4, -0.2) is 25.1 Å². The van der Waals surface area contributed by atoms with E-state index in [1.165, 1.54) is 6.08 Å². The lowest BCUT2D eigenvalue weighted by Crippen LogP contribution is -2.13. The molecular formula is C22H21N3O4S. The van der Waals surface area contributed by atoms with Crippen LogP contribution < -0.4 is 10.1 Å². The van der Waals surface area contributed by atoms with E-state index in [0.29, 0.717) is 23.5 Å². The number of carbonyl (C=O) groups excluding carboxylic acids is 2. The second-order valence-corrected chi connectivity index (χ2v) is 7.12. The highest BCUT2D eigenvalue weighted by molar-refractivity contribution is 7.18. The van der Waals surface area contributed by atoms with Crippen LogP contribution in [0, 0.1) is 29.6 Å². The first-order chi connectivity index (χ1) is 14.5. The summed E-state index contributed by atoms with van der Waals surface area (Å²) in [5.41, 5.74) is 1.03. The molecule has 0 aliphatic carbocycles. The fraction of sp³-hybridized carbons (Fsp3) is 0.273. The molecule has 1 N–H and O–H groups in total. The van der Waals surface area contributed by atoms with E-state index < -0.39 is 11.9 Å². The fourth-order valence-corrected chi connectivity index (χ4v) is 3.59. The molecule has 0 bridgehead atoms. The van der Waals surface area contributed by atoms with Gasteiger partial charge in [-0.05, 0) is 38.0 Å². The van der Waals surface area contributed by atoms with Crippen LogP contribution in [0.15, 0.2) is 29.8 Å². The second-order valence-electron chi connectivity index (χ2n) is 6.10. The number of anilines is 1. The molecule has 2 aromatic rings. The molecule has 0 saturated heterocycles. The molecule has 1 aromatic heterocycles. The molecule has 0 atom stereocenters. The van der Waals surface area contributed by atoms with E-state index in [1.807, 2.05) is 19.1 Å². The SMILES string of the molecule is CCCOc1ccccc1/C=C(\C#N)C(=O)Nc1sc(C(=O)OCC)c(C)c1C#N. The van der Waals surface area contributed by atoms with Crippen molar-refractivity contribution in [3.05, 3.63) is 51.4 Å². The smallest absolute Gasteiger partial charge is 0.348 e. The predicted molar refractivity (Wildman–Crippen MR) is 114 cm³/mol. The fourth-order valence-electron chi connectivity index (χ4n) is 2.55. The topological polar surface area (TPSA) is 112 Å². The summed E-state index contributed by atoms with van der Waals surface area (Å²) < 4.78 is 10.6. The van der Waals surface area contributed by atoms with Gasteiger partial charge in [-0.3, -0.25) is 4.79 Å². The van der Waals surface area contributed by atoms with Crippen LogP contribution >= 0.6 is 11.3 Å².